The van der Waals surface area contributed by atoms with Gasteiger partial charge in [-0.15, -0.1) is 0 Å². The molecule has 3 aliphatic rings. The van der Waals surface area contributed by atoms with Crippen molar-refractivity contribution in [2.45, 2.75) is 18.9 Å². The highest BCUT2D eigenvalue weighted by Gasteiger charge is 2.40. The average molecular weight is 461 g/mol. The van der Waals surface area contributed by atoms with Crippen LogP contribution in [0.4, 0.5) is 5.69 Å². The van der Waals surface area contributed by atoms with Gasteiger partial charge in [-0.1, -0.05) is 59.1 Å². The predicted octanol–water partition coefficient (Wildman–Crippen LogP) is 5.99. The van der Waals surface area contributed by atoms with Crippen LogP contribution in [0.25, 0.3) is 0 Å². The maximum Gasteiger partial charge on any atom is 0.270 e. The summed E-state index contributed by atoms with van der Waals surface area (Å²) in [5, 5.41) is 8.31. The second kappa shape index (κ2) is 7.92. The van der Waals surface area contributed by atoms with E-state index in [1.54, 1.807) is 12.1 Å². The van der Waals surface area contributed by atoms with Crippen LogP contribution >= 0.6 is 34.8 Å². The highest BCUT2D eigenvalue weighted by atomic mass is 35.5. The average Bonchev–Trinajstić information content (AvgIpc) is 3.43. The van der Waals surface area contributed by atoms with E-state index in [1.165, 1.54) is 0 Å². The Bertz CT molecular complexity index is 1050. The summed E-state index contributed by atoms with van der Waals surface area (Å²) in [4.78, 5) is 15.2. The molecule has 2 aromatic carbocycles. The molecule has 1 amide bonds. The van der Waals surface area contributed by atoms with Crippen LogP contribution in [0.5, 0.6) is 0 Å². The van der Waals surface area contributed by atoms with Crippen LogP contribution < -0.4 is 5.01 Å². The quantitative estimate of drug-likeness (QED) is 0.528. The van der Waals surface area contributed by atoms with E-state index in [1.807, 2.05) is 40.2 Å². The standard InChI is InChI=1S/C23H20Cl3N3O/c24-17-6-4-14(5-7-17)22-11-20(23(30)28-12-15-2-1-3-16(15)13-28)27-29(22)21-9-8-18(25)10-19(21)26/h1-2,4-10,15-16,22H,3,11-13H2. The molecule has 2 aromatic rings. The lowest BCUT2D eigenvalue weighted by Crippen LogP contribution is -2.34. The number of fused-ring (bicyclic) bond motifs is 1. The van der Waals surface area contributed by atoms with Crippen molar-refractivity contribution in [1.82, 2.24) is 4.90 Å². The molecule has 1 fully saturated rings. The van der Waals surface area contributed by atoms with Crippen LogP contribution in [0, 0.1) is 11.8 Å². The Labute approximate surface area is 190 Å². The minimum absolute atomic E-state index is 0.0179. The Hall–Kier alpha value is -2.01. The van der Waals surface area contributed by atoms with E-state index in [0.717, 1.165) is 30.8 Å². The lowest BCUT2D eigenvalue weighted by molar-refractivity contribution is -0.123. The number of carbonyl (C=O) groups excluding carboxylic acids is 1. The Morgan fingerprint density at radius 3 is 2.50 bits per heavy atom. The van der Waals surface area contributed by atoms with E-state index >= 15 is 0 Å². The van der Waals surface area contributed by atoms with E-state index < -0.39 is 0 Å². The van der Waals surface area contributed by atoms with Gasteiger partial charge >= 0.3 is 0 Å². The Balaban J connectivity index is 1.47. The lowest BCUT2D eigenvalue weighted by Gasteiger charge is -2.25. The van der Waals surface area contributed by atoms with Gasteiger partial charge < -0.3 is 4.90 Å². The molecule has 3 atom stereocenters. The van der Waals surface area contributed by atoms with Gasteiger partial charge in [-0.3, -0.25) is 9.80 Å². The Morgan fingerprint density at radius 2 is 1.77 bits per heavy atom. The van der Waals surface area contributed by atoms with Crippen LogP contribution in [-0.4, -0.2) is 29.6 Å². The number of hydrazone groups is 1. The van der Waals surface area contributed by atoms with Gasteiger partial charge in [-0.25, -0.2) is 0 Å². The van der Waals surface area contributed by atoms with Gasteiger partial charge in [0.25, 0.3) is 5.91 Å². The fourth-order valence-electron chi connectivity index (χ4n) is 4.61. The normalized spacial score (nSPS) is 25.0. The van der Waals surface area contributed by atoms with E-state index in [-0.39, 0.29) is 11.9 Å². The van der Waals surface area contributed by atoms with Gasteiger partial charge in [0.15, 0.2) is 0 Å². The largest absolute Gasteiger partial charge is 0.337 e. The molecular weight excluding hydrogens is 441 g/mol. The topological polar surface area (TPSA) is 35.9 Å². The zero-order valence-corrected chi connectivity index (χ0v) is 18.4. The summed E-state index contributed by atoms with van der Waals surface area (Å²) in [6.45, 7) is 1.56. The third-order valence-corrected chi connectivity index (χ3v) is 6.96. The van der Waals surface area contributed by atoms with Crippen LogP contribution in [0.3, 0.4) is 0 Å². The molecule has 30 heavy (non-hydrogen) atoms. The van der Waals surface area contributed by atoms with Crippen LogP contribution in [-0.2, 0) is 4.79 Å². The maximum atomic E-state index is 13.3. The Kier molecular flexibility index (Phi) is 5.26. The molecule has 0 spiro atoms. The molecule has 0 N–H and O–H groups in total. The number of hydrogen-bond donors (Lipinski definition) is 0. The summed E-state index contributed by atoms with van der Waals surface area (Å²) in [6.07, 6.45) is 6.04. The van der Waals surface area contributed by atoms with Crippen LogP contribution in [0.15, 0.2) is 59.7 Å². The summed E-state index contributed by atoms with van der Waals surface area (Å²) in [5.74, 6) is 1.04. The highest BCUT2D eigenvalue weighted by molar-refractivity contribution is 6.40. The van der Waals surface area contributed by atoms with Crippen molar-refractivity contribution >= 4 is 52.1 Å². The van der Waals surface area contributed by atoms with Gasteiger partial charge in [0.1, 0.15) is 5.71 Å². The first-order valence-electron chi connectivity index (χ1n) is 10.0. The van der Waals surface area contributed by atoms with Crippen molar-refractivity contribution in [2.24, 2.45) is 16.9 Å². The molecule has 0 saturated carbocycles. The van der Waals surface area contributed by atoms with E-state index in [0.29, 0.717) is 39.0 Å². The van der Waals surface area contributed by atoms with Gasteiger partial charge in [-0.2, -0.15) is 5.10 Å². The van der Waals surface area contributed by atoms with E-state index in [4.69, 9.17) is 39.9 Å². The number of halogens is 3. The summed E-state index contributed by atoms with van der Waals surface area (Å²) in [6, 6.07) is 12.8. The zero-order chi connectivity index (χ0) is 20.8. The minimum Gasteiger partial charge on any atom is -0.337 e. The molecule has 1 aliphatic carbocycles. The first-order chi connectivity index (χ1) is 14.5. The molecule has 0 aromatic heterocycles. The van der Waals surface area contributed by atoms with Gasteiger partial charge in [-0.05, 0) is 54.2 Å². The van der Waals surface area contributed by atoms with E-state index in [9.17, 15) is 4.79 Å². The lowest BCUT2D eigenvalue weighted by atomic mass is 10.0. The number of benzene rings is 2. The number of nitrogens with zero attached hydrogens (tertiary/aromatic N) is 3. The molecule has 1 saturated heterocycles. The van der Waals surface area contributed by atoms with Gasteiger partial charge in [0.2, 0.25) is 0 Å². The Morgan fingerprint density at radius 1 is 1.00 bits per heavy atom. The molecule has 2 aliphatic heterocycles. The number of amides is 1. The summed E-state index contributed by atoms with van der Waals surface area (Å²) < 4.78 is 0. The summed E-state index contributed by atoms with van der Waals surface area (Å²) >= 11 is 18.7. The third kappa shape index (κ3) is 3.62. The van der Waals surface area contributed by atoms with Gasteiger partial charge in [0.05, 0.1) is 16.8 Å². The summed E-state index contributed by atoms with van der Waals surface area (Å²) in [7, 11) is 0. The predicted molar refractivity (Wildman–Crippen MR) is 123 cm³/mol. The van der Waals surface area contributed by atoms with Crippen LogP contribution in [0.2, 0.25) is 15.1 Å². The van der Waals surface area contributed by atoms with Crippen molar-refractivity contribution in [1.29, 1.82) is 0 Å². The fraction of sp³-hybridized carbons (Fsp3) is 0.304. The monoisotopic (exact) mass is 459 g/mol. The van der Waals surface area contributed by atoms with Crippen molar-refractivity contribution in [3.8, 4) is 0 Å². The molecule has 7 heteroatoms. The van der Waals surface area contributed by atoms with Gasteiger partial charge in [0, 0.05) is 29.6 Å². The molecule has 5 rings (SSSR count). The molecule has 154 valence electrons. The minimum atomic E-state index is -0.137. The SMILES string of the molecule is O=C(C1=NN(c2ccc(Cl)cc2Cl)C(c2ccc(Cl)cc2)C1)N1CC2C=CCC2C1. The van der Waals surface area contributed by atoms with Crippen molar-refractivity contribution < 1.29 is 4.79 Å². The molecule has 0 bridgehead atoms. The molecule has 3 unspecified atom stereocenters. The zero-order valence-electron chi connectivity index (χ0n) is 16.1. The summed E-state index contributed by atoms with van der Waals surface area (Å²) in [5.41, 5.74) is 2.31. The number of allylic oxidation sites excluding steroid dienone is 1. The molecule has 0 radical (unpaired) electrons. The molecule has 2 heterocycles. The maximum absolute atomic E-state index is 13.3. The first kappa shape index (κ1) is 19.9. The number of anilines is 1. The van der Waals surface area contributed by atoms with Crippen molar-refractivity contribution in [2.75, 3.05) is 18.1 Å². The first-order valence-corrected chi connectivity index (χ1v) is 11.2. The van der Waals surface area contributed by atoms with Crippen LogP contribution in [0.1, 0.15) is 24.4 Å². The second-order valence-electron chi connectivity index (χ2n) is 8.06. The molecule has 4 nitrogen and oxygen atoms in total. The fourth-order valence-corrected chi connectivity index (χ4v) is 5.23. The number of likely N-dealkylation sites (tertiary alicyclic amines) is 1. The van der Waals surface area contributed by atoms with Crippen molar-refractivity contribution in [3.63, 3.8) is 0 Å². The molecular formula is C23H20Cl3N3O. The number of rotatable bonds is 3. The third-order valence-electron chi connectivity index (χ3n) is 6.17. The number of hydrogen-bond acceptors (Lipinski definition) is 3. The number of carbonyl (C=O) groups is 1. The smallest absolute Gasteiger partial charge is 0.270 e. The highest BCUT2D eigenvalue weighted by Crippen LogP contribution is 2.41. The van der Waals surface area contributed by atoms with Crippen molar-refractivity contribution in [3.05, 3.63) is 75.2 Å². The van der Waals surface area contributed by atoms with E-state index in [2.05, 4.69) is 12.2 Å². The second-order valence-corrected chi connectivity index (χ2v) is 9.34.